The standard InChI is InChI=1S/C13H11N5O2/c19-6-5-17-8-11(15-16-17)9-18-13(20)12-4-2-1-3-10(12)7-14-18/h1-4,6-8H,5,9H2. The molecular weight excluding hydrogens is 258 g/mol. The average molecular weight is 269 g/mol. The molecule has 0 saturated carbocycles. The maximum absolute atomic E-state index is 12.3. The van der Waals surface area contributed by atoms with Gasteiger partial charge in [-0.1, -0.05) is 23.4 Å². The predicted molar refractivity (Wildman–Crippen MR) is 71.2 cm³/mol. The van der Waals surface area contributed by atoms with Crippen LogP contribution >= 0.6 is 0 Å². The van der Waals surface area contributed by atoms with Gasteiger partial charge in [-0.15, -0.1) is 5.10 Å². The second-order valence-corrected chi connectivity index (χ2v) is 4.29. The van der Waals surface area contributed by atoms with Crippen molar-refractivity contribution < 1.29 is 4.79 Å². The Morgan fingerprint density at radius 3 is 2.95 bits per heavy atom. The molecule has 2 heterocycles. The van der Waals surface area contributed by atoms with Crippen LogP contribution in [0.15, 0.2) is 41.5 Å². The maximum atomic E-state index is 12.3. The van der Waals surface area contributed by atoms with Crippen molar-refractivity contribution in [1.82, 2.24) is 24.8 Å². The Morgan fingerprint density at radius 1 is 1.25 bits per heavy atom. The molecule has 0 unspecified atom stereocenters. The summed E-state index contributed by atoms with van der Waals surface area (Å²) in [6.07, 6.45) is 4.00. The number of carbonyl (C=O) groups is 1. The fourth-order valence-electron chi connectivity index (χ4n) is 1.97. The molecule has 0 radical (unpaired) electrons. The van der Waals surface area contributed by atoms with Gasteiger partial charge < -0.3 is 4.79 Å². The summed E-state index contributed by atoms with van der Waals surface area (Å²) in [4.78, 5) is 22.6. The van der Waals surface area contributed by atoms with Crippen molar-refractivity contribution in [2.45, 2.75) is 13.1 Å². The first-order chi connectivity index (χ1) is 9.78. The van der Waals surface area contributed by atoms with Crippen LogP contribution in [0.4, 0.5) is 0 Å². The second-order valence-electron chi connectivity index (χ2n) is 4.29. The number of hydrogen-bond acceptors (Lipinski definition) is 5. The quantitative estimate of drug-likeness (QED) is 0.633. The Bertz CT molecular complexity index is 821. The van der Waals surface area contributed by atoms with Gasteiger partial charge in [0.15, 0.2) is 0 Å². The molecule has 1 aromatic carbocycles. The highest BCUT2D eigenvalue weighted by Crippen LogP contribution is 2.06. The Balaban J connectivity index is 1.96. The summed E-state index contributed by atoms with van der Waals surface area (Å²) in [5, 5.41) is 13.2. The number of aldehydes is 1. The maximum Gasteiger partial charge on any atom is 0.274 e. The van der Waals surface area contributed by atoms with E-state index in [-0.39, 0.29) is 18.6 Å². The molecule has 3 rings (SSSR count). The van der Waals surface area contributed by atoms with Gasteiger partial charge in [-0.05, 0) is 6.07 Å². The van der Waals surface area contributed by atoms with E-state index >= 15 is 0 Å². The van der Waals surface area contributed by atoms with E-state index in [1.807, 2.05) is 18.2 Å². The summed E-state index contributed by atoms with van der Waals surface area (Å²) in [5.74, 6) is 0. The molecule has 0 fully saturated rings. The fraction of sp³-hybridized carbons (Fsp3) is 0.154. The van der Waals surface area contributed by atoms with Gasteiger partial charge in [-0.2, -0.15) is 5.10 Å². The Kier molecular flexibility index (Phi) is 3.08. The van der Waals surface area contributed by atoms with Crippen molar-refractivity contribution in [3.05, 3.63) is 52.7 Å². The minimum atomic E-state index is -0.173. The van der Waals surface area contributed by atoms with E-state index in [1.54, 1.807) is 18.5 Å². The number of nitrogens with zero attached hydrogens (tertiary/aromatic N) is 5. The molecule has 0 N–H and O–H groups in total. The zero-order chi connectivity index (χ0) is 13.9. The van der Waals surface area contributed by atoms with Gasteiger partial charge in [-0.3, -0.25) is 4.79 Å². The largest absolute Gasteiger partial charge is 0.301 e. The van der Waals surface area contributed by atoms with Crippen molar-refractivity contribution in [3.63, 3.8) is 0 Å². The molecule has 100 valence electrons. The van der Waals surface area contributed by atoms with Gasteiger partial charge in [0, 0.05) is 5.39 Å². The van der Waals surface area contributed by atoms with Crippen LogP contribution in [-0.2, 0) is 17.9 Å². The third-order valence-corrected chi connectivity index (χ3v) is 2.92. The first kappa shape index (κ1) is 12.2. The van der Waals surface area contributed by atoms with E-state index in [9.17, 15) is 9.59 Å². The highest BCUT2D eigenvalue weighted by atomic mass is 16.1. The summed E-state index contributed by atoms with van der Waals surface area (Å²) in [6, 6.07) is 7.28. The lowest BCUT2D eigenvalue weighted by Crippen LogP contribution is -2.23. The summed E-state index contributed by atoms with van der Waals surface area (Å²) >= 11 is 0. The lowest BCUT2D eigenvalue weighted by Gasteiger charge is -2.03. The molecule has 20 heavy (non-hydrogen) atoms. The minimum Gasteiger partial charge on any atom is -0.301 e. The molecule has 0 bridgehead atoms. The van der Waals surface area contributed by atoms with Crippen LogP contribution in [0.3, 0.4) is 0 Å². The van der Waals surface area contributed by atoms with Gasteiger partial charge in [0.25, 0.3) is 5.56 Å². The molecule has 3 aromatic rings. The highest BCUT2D eigenvalue weighted by Gasteiger charge is 2.06. The van der Waals surface area contributed by atoms with Gasteiger partial charge in [-0.25, -0.2) is 9.36 Å². The van der Waals surface area contributed by atoms with Gasteiger partial charge >= 0.3 is 0 Å². The van der Waals surface area contributed by atoms with Crippen LogP contribution in [0.1, 0.15) is 5.69 Å². The molecule has 0 aliphatic rings. The monoisotopic (exact) mass is 269 g/mol. The zero-order valence-corrected chi connectivity index (χ0v) is 10.5. The summed E-state index contributed by atoms with van der Waals surface area (Å²) < 4.78 is 2.74. The number of aromatic nitrogens is 5. The van der Waals surface area contributed by atoms with Crippen LogP contribution in [0, 0.1) is 0 Å². The number of rotatable bonds is 4. The summed E-state index contributed by atoms with van der Waals surface area (Å²) in [6.45, 7) is 0.371. The SMILES string of the molecule is O=CCn1cc(Cn2ncc3ccccc3c2=O)nn1. The molecule has 0 aliphatic heterocycles. The van der Waals surface area contributed by atoms with E-state index < -0.39 is 0 Å². The third kappa shape index (κ3) is 2.20. The Hall–Kier alpha value is -2.83. The van der Waals surface area contributed by atoms with Gasteiger partial charge in [0.2, 0.25) is 0 Å². The summed E-state index contributed by atoms with van der Waals surface area (Å²) in [5.41, 5.74) is 0.407. The van der Waals surface area contributed by atoms with Crippen molar-refractivity contribution in [2.24, 2.45) is 0 Å². The number of fused-ring (bicyclic) bond motifs is 1. The molecule has 2 aromatic heterocycles. The minimum absolute atomic E-state index is 0.146. The Morgan fingerprint density at radius 2 is 2.10 bits per heavy atom. The van der Waals surface area contributed by atoms with E-state index in [1.165, 1.54) is 9.36 Å². The second kappa shape index (κ2) is 5.04. The normalized spacial score (nSPS) is 10.8. The summed E-state index contributed by atoms with van der Waals surface area (Å²) in [7, 11) is 0. The van der Waals surface area contributed by atoms with Crippen LogP contribution in [0.25, 0.3) is 10.8 Å². The highest BCUT2D eigenvalue weighted by molar-refractivity contribution is 5.80. The van der Waals surface area contributed by atoms with E-state index in [0.717, 1.165) is 11.7 Å². The molecule has 0 saturated heterocycles. The smallest absolute Gasteiger partial charge is 0.274 e. The van der Waals surface area contributed by atoms with Crippen LogP contribution < -0.4 is 5.56 Å². The first-order valence-electron chi connectivity index (χ1n) is 6.05. The molecule has 0 aliphatic carbocycles. The topological polar surface area (TPSA) is 82.7 Å². The number of benzene rings is 1. The van der Waals surface area contributed by atoms with Crippen LogP contribution in [0.2, 0.25) is 0 Å². The Labute approximate surface area is 113 Å². The van der Waals surface area contributed by atoms with Crippen molar-refractivity contribution in [3.8, 4) is 0 Å². The van der Waals surface area contributed by atoms with Crippen LogP contribution in [0.5, 0.6) is 0 Å². The van der Waals surface area contributed by atoms with Crippen molar-refractivity contribution >= 4 is 17.1 Å². The number of carbonyl (C=O) groups excluding carboxylic acids is 1. The van der Waals surface area contributed by atoms with Crippen molar-refractivity contribution in [1.29, 1.82) is 0 Å². The van der Waals surface area contributed by atoms with Gasteiger partial charge in [0.05, 0.1) is 30.9 Å². The lowest BCUT2D eigenvalue weighted by atomic mass is 10.2. The first-order valence-corrected chi connectivity index (χ1v) is 6.05. The average Bonchev–Trinajstić information content (AvgIpc) is 2.90. The molecule has 7 heteroatoms. The predicted octanol–water partition coefficient (Wildman–Crippen LogP) is 0.235. The molecule has 0 atom stereocenters. The fourth-order valence-corrected chi connectivity index (χ4v) is 1.97. The lowest BCUT2D eigenvalue weighted by molar-refractivity contribution is -0.108. The van der Waals surface area contributed by atoms with Crippen LogP contribution in [-0.4, -0.2) is 31.1 Å². The number of hydrogen-bond donors (Lipinski definition) is 0. The molecule has 0 spiro atoms. The third-order valence-electron chi connectivity index (χ3n) is 2.92. The molecular formula is C13H11N5O2. The van der Waals surface area contributed by atoms with Crippen molar-refractivity contribution in [2.75, 3.05) is 0 Å². The molecule has 7 nitrogen and oxygen atoms in total. The van der Waals surface area contributed by atoms with E-state index in [2.05, 4.69) is 15.4 Å². The van der Waals surface area contributed by atoms with E-state index in [4.69, 9.17) is 0 Å². The van der Waals surface area contributed by atoms with E-state index in [0.29, 0.717) is 11.1 Å². The molecule has 0 amide bonds. The van der Waals surface area contributed by atoms with Gasteiger partial charge in [0.1, 0.15) is 12.0 Å². The zero-order valence-electron chi connectivity index (χ0n) is 10.5.